The molecule has 1 rings (SSSR count). The third-order valence-electron chi connectivity index (χ3n) is 3.79. The molecule has 0 unspecified atom stereocenters. The normalized spacial score (nSPS) is 10.4. The summed E-state index contributed by atoms with van der Waals surface area (Å²) in [7, 11) is 0. The lowest BCUT2D eigenvalue weighted by Crippen LogP contribution is -2.08. The molecule has 0 aliphatic heterocycles. The first kappa shape index (κ1) is 20.0. The minimum Gasteiger partial charge on any atom is -0.478 e. The van der Waals surface area contributed by atoms with Crippen molar-refractivity contribution in [1.29, 1.82) is 0 Å². The Balaban J connectivity index is 2.44. The van der Waals surface area contributed by atoms with Crippen LogP contribution in [0.4, 0.5) is 4.79 Å². The van der Waals surface area contributed by atoms with Gasteiger partial charge in [0, 0.05) is 0 Å². The number of aromatic carboxylic acids is 1. The van der Waals surface area contributed by atoms with Gasteiger partial charge in [-0.3, -0.25) is 0 Å². The van der Waals surface area contributed by atoms with E-state index in [4.69, 9.17) is 4.74 Å². The molecule has 0 radical (unpaired) electrons. The van der Waals surface area contributed by atoms with E-state index in [1.807, 2.05) is 12.1 Å². The van der Waals surface area contributed by atoms with Crippen molar-refractivity contribution in [2.75, 3.05) is 13.2 Å². The van der Waals surface area contributed by atoms with Crippen LogP contribution < -0.4 is 0 Å². The number of carboxylic acid groups (broad SMARTS) is 1. The highest BCUT2D eigenvalue weighted by Crippen LogP contribution is 2.17. The predicted octanol–water partition coefficient (Wildman–Crippen LogP) is 4.61. The van der Waals surface area contributed by atoms with Crippen molar-refractivity contribution in [3.05, 3.63) is 34.9 Å². The van der Waals surface area contributed by atoms with Gasteiger partial charge in [0.05, 0.1) is 18.8 Å². The molecule has 0 aromatic heterocycles. The van der Waals surface area contributed by atoms with Crippen molar-refractivity contribution in [3.63, 3.8) is 0 Å². The van der Waals surface area contributed by atoms with Gasteiger partial charge in [0.15, 0.2) is 0 Å². The monoisotopic (exact) mass is 336 g/mol. The quantitative estimate of drug-likeness (QED) is 0.472. The van der Waals surface area contributed by atoms with Gasteiger partial charge in [-0.2, -0.15) is 0 Å². The van der Waals surface area contributed by atoms with Gasteiger partial charge in [0.1, 0.15) is 0 Å². The lowest BCUT2D eigenvalue weighted by molar-refractivity contribution is 0.0577. The summed E-state index contributed by atoms with van der Waals surface area (Å²) in [5.74, 6) is -0.877. The van der Waals surface area contributed by atoms with Crippen molar-refractivity contribution in [2.45, 2.75) is 58.8 Å². The fourth-order valence-electron chi connectivity index (χ4n) is 2.51. The van der Waals surface area contributed by atoms with Crippen LogP contribution in [0.1, 0.15) is 67.4 Å². The largest absolute Gasteiger partial charge is 0.508 e. The van der Waals surface area contributed by atoms with Crippen molar-refractivity contribution in [2.24, 2.45) is 0 Å². The minimum absolute atomic E-state index is 0.311. The maximum atomic E-state index is 11.3. The van der Waals surface area contributed by atoms with Gasteiger partial charge in [-0.05, 0) is 62.6 Å². The lowest BCUT2D eigenvalue weighted by atomic mass is 9.97. The molecule has 134 valence electrons. The van der Waals surface area contributed by atoms with Crippen LogP contribution in [0.25, 0.3) is 0 Å². The maximum absolute atomic E-state index is 11.3. The summed E-state index contributed by atoms with van der Waals surface area (Å²) in [5.41, 5.74) is 2.47. The zero-order valence-electron chi connectivity index (χ0n) is 14.7. The molecular formula is C19H28O5. The van der Waals surface area contributed by atoms with Gasteiger partial charge in [-0.1, -0.05) is 25.5 Å². The van der Waals surface area contributed by atoms with Gasteiger partial charge in [-0.25, -0.2) is 9.59 Å². The van der Waals surface area contributed by atoms with Crippen LogP contribution in [0.3, 0.4) is 0 Å². The highest BCUT2D eigenvalue weighted by Gasteiger charge is 2.10. The minimum atomic E-state index is -0.877. The van der Waals surface area contributed by atoms with Gasteiger partial charge in [-0.15, -0.1) is 0 Å². The summed E-state index contributed by atoms with van der Waals surface area (Å²) in [5, 5.41) is 9.31. The first-order valence-electron chi connectivity index (χ1n) is 8.73. The van der Waals surface area contributed by atoms with E-state index in [-0.39, 0.29) is 0 Å². The molecule has 0 fully saturated rings. The average molecular weight is 336 g/mol. The standard InChI is InChI=1S/C19H28O5/c1-3-5-9-15-11-12-17(18(20)21)16(14-15)10-7-6-8-13-24-19(22)23-4-2/h11-12,14H,3-10,13H2,1-2H3,(H,20,21). The summed E-state index contributed by atoms with van der Waals surface area (Å²) < 4.78 is 9.58. The van der Waals surface area contributed by atoms with Crippen LogP contribution >= 0.6 is 0 Å². The van der Waals surface area contributed by atoms with E-state index >= 15 is 0 Å². The zero-order chi connectivity index (χ0) is 17.8. The van der Waals surface area contributed by atoms with Gasteiger partial charge >= 0.3 is 12.1 Å². The number of hydrogen-bond acceptors (Lipinski definition) is 4. The van der Waals surface area contributed by atoms with E-state index in [9.17, 15) is 14.7 Å². The number of aryl methyl sites for hydroxylation is 2. The van der Waals surface area contributed by atoms with Crippen molar-refractivity contribution < 1.29 is 24.2 Å². The number of benzene rings is 1. The summed E-state index contributed by atoms with van der Waals surface area (Å²) in [6.07, 6.45) is 5.79. The first-order chi connectivity index (χ1) is 11.6. The SMILES string of the molecule is CCCCc1ccc(C(=O)O)c(CCCCCOC(=O)OCC)c1. The van der Waals surface area contributed by atoms with E-state index in [0.717, 1.165) is 50.5 Å². The van der Waals surface area contributed by atoms with Gasteiger partial charge < -0.3 is 14.6 Å². The van der Waals surface area contributed by atoms with Gasteiger partial charge in [0.2, 0.25) is 0 Å². The van der Waals surface area contributed by atoms with Crippen LogP contribution in [0, 0.1) is 0 Å². The second-order valence-corrected chi connectivity index (χ2v) is 5.74. The first-order valence-corrected chi connectivity index (χ1v) is 8.73. The fraction of sp³-hybridized carbons (Fsp3) is 0.579. The Bertz CT molecular complexity index is 524. The Labute approximate surface area is 144 Å². The number of hydrogen-bond donors (Lipinski definition) is 1. The molecule has 1 aromatic rings. The van der Waals surface area contributed by atoms with E-state index in [2.05, 4.69) is 11.7 Å². The molecule has 24 heavy (non-hydrogen) atoms. The van der Waals surface area contributed by atoms with Crippen molar-refractivity contribution in [1.82, 2.24) is 0 Å². The Morgan fingerprint density at radius 2 is 1.79 bits per heavy atom. The highest BCUT2D eigenvalue weighted by molar-refractivity contribution is 5.89. The summed E-state index contributed by atoms with van der Waals surface area (Å²) in [6, 6.07) is 5.65. The molecule has 0 saturated heterocycles. The van der Waals surface area contributed by atoms with Crippen LogP contribution in [0.2, 0.25) is 0 Å². The number of carbonyl (C=O) groups excluding carboxylic acids is 1. The molecule has 0 bridgehead atoms. The van der Waals surface area contributed by atoms with E-state index in [1.54, 1.807) is 13.0 Å². The zero-order valence-corrected chi connectivity index (χ0v) is 14.7. The molecule has 0 aliphatic carbocycles. The van der Waals surface area contributed by atoms with Crippen LogP contribution in [-0.2, 0) is 22.3 Å². The number of carbonyl (C=O) groups is 2. The number of rotatable bonds is 11. The molecule has 5 heteroatoms. The predicted molar refractivity (Wildman–Crippen MR) is 92.5 cm³/mol. The average Bonchev–Trinajstić information content (AvgIpc) is 2.56. The smallest absolute Gasteiger partial charge is 0.478 e. The number of carboxylic acids is 1. The molecule has 1 N–H and O–H groups in total. The Kier molecular flexibility index (Phi) is 9.58. The van der Waals surface area contributed by atoms with Crippen LogP contribution in [0.5, 0.6) is 0 Å². The molecule has 0 atom stereocenters. The molecule has 0 saturated carbocycles. The molecule has 1 aromatic carbocycles. The van der Waals surface area contributed by atoms with Crippen LogP contribution in [0.15, 0.2) is 18.2 Å². The molecular weight excluding hydrogens is 308 g/mol. The Morgan fingerprint density at radius 3 is 2.46 bits per heavy atom. The molecule has 0 aliphatic rings. The summed E-state index contributed by atoms with van der Waals surface area (Å²) >= 11 is 0. The summed E-state index contributed by atoms with van der Waals surface area (Å²) in [6.45, 7) is 4.52. The van der Waals surface area contributed by atoms with E-state index < -0.39 is 12.1 Å². The topological polar surface area (TPSA) is 72.8 Å². The fourth-order valence-corrected chi connectivity index (χ4v) is 2.51. The Morgan fingerprint density at radius 1 is 1.00 bits per heavy atom. The molecule has 0 heterocycles. The van der Waals surface area contributed by atoms with Crippen LogP contribution in [-0.4, -0.2) is 30.4 Å². The Hall–Kier alpha value is -2.04. The second-order valence-electron chi connectivity index (χ2n) is 5.74. The highest BCUT2D eigenvalue weighted by atomic mass is 16.7. The van der Waals surface area contributed by atoms with E-state index in [1.165, 1.54) is 5.56 Å². The van der Waals surface area contributed by atoms with Crippen molar-refractivity contribution in [3.8, 4) is 0 Å². The lowest BCUT2D eigenvalue weighted by Gasteiger charge is -2.09. The molecule has 5 nitrogen and oxygen atoms in total. The molecule has 0 amide bonds. The molecule has 0 spiro atoms. The van der Waals surface area contributed by atoms with Crippen molar-refractivity contribution >= 4 is 12.1 Å². The second kappa shape index (κ2) is 11.5. The third-order valence-corrected chi connectivity index (χ3v) is 3.79. The summed E-state index contributed by atoms with van der Waals surface area (Å²) in [4.78, 5) is 22.4. The maximum Gasteiger partial charge on any atom is 0.508 e. The number of ether oxygens (including phenoxy) is 2. The van der Waals surface area contributed by atoms with Gasteiger partial charge in [0.25, 0.3) is 0 Å². The number of unbranched alkanes of at least 4 members (excludes halogenated alkanes) is 3. The third kappa shape index (κ3) is 7.49. The van der Waals surface area contributed by atoms with E-state index in [0.29, 0.717) is 18.8 Å².